The first kappa shape index (κ1) is 23.0. The lowest BCUT2D eigenvalue weighted by atomic mass is 10.2. The third-order valence-electron chi connectivity index (χ3n) is 3.76. The van der Waals surface area contributed by atoms with E-state index >= 15 is 0 Å². The Morgan fingerprint density at radius 1 is 1.10 bits per heavy atom. The van der Waals surface area contributed by atoms with Crippen LogP contribution in [0.25, 0.3) is 6.08 Å². The Hall–Kier alpha value is -3.33. The number of primary amides is 1. The van der Waals surface area contributed by atoms with Crippen LogP contribution in [-0.4, -0.2) is 38.0 Å². The molecule has 0 saturated heterocycles. The van der Waals surface area contributed by atoms with Crippen LogP contribution in [0.3, 0.4) is 0 Å². The number of carbonyl (C=O) groups is 3. The van der Waals surface area contributed by atoms with E-state index in [-0.39, 0.29) is 31.4 Å². The normalized spacial score (nSPS) is 10.5. The molecule has 0 bridgehead atoms. The SMILES string of the molecule is COc1cc(C=CC(=O)NCCC(=O)Nc2ccc(Br)cc2)ccc1OCC(N)=O. The lowest BCUT2D eigenvalue weighted by molar-refractivity contribution is -0.120. The molecule has 2 rings (SSSR count). The molecule has 0 aliphatic rings. The Bertz CT molecular complexity index is 929. The quantitative estimate of drug-likeness (QED) is 0.456. The van der Waals surface area contributed by atoms with E-state index in [9.17, 15) is 14.4 Å². The molecule has 0 radical (unpaired) electrons. The molecule has 4 N–H and O–H groups in total. The summed E-state index contributed by atoms with van der Waals surface area (Å²) < 4.78 is 11.4. The predicted octanol–water partition coefficient (Wildman–Crippen LogP) is 2.48. The van der Waals surface area contributed by atoms with Gasteiger partial charge in [-0.1, -0.05) is 22.0 Å². The highest BCUT2D eigenvalue weighted by Gasteiger charge is 2.07. The number of methoxy groups -OCH3 is 1. The van der Waals surface area contributed by atoms with Crippen LogP contribution in [0, 0.1) is 0 Å². The van der Waals surface area contributed by atoms with E-state index in [1.807, 2.05) is 12.1 Å². The van der Waals surface area contributed by atoms with Crippen molar-refractivity contribution in [3.63, 3.8) is 0 Å². The molecule has 9 heteroatoms. The largest absolute Gasteiger partial charge is 0.493 e. The van der Waals surface area contributed by atoms with E-state index in [0.29, 0.717) is 22.7 Å². The van der Waals surface area contributed by atoms with Crippen LogP contribution in [0.5, 0.6) is 11.5 Å². The number of hydrogen-bond donors (Lipinski definition) is 3. The van der Waals surface area contributed by atoms with Gasteiger partial charge in [0, 0.05) is 29.2 Å². The van der Waals surface area contributed by atoms with E-state index in [2.05, 4.69) is 26.6 Å². The summed E-state index contributed by atoms with van der Waals surface area (Å²) in [6.07, 6.45) is 3.10. The lowest BCUT2D eigenvalue weighted by Gasteiger charge is -2.10. The van der Waals surface area contributed by atoms with Gasteiger partial charge >= 0.3 is 0 Å². The number of nitrogens with one attached hydrogen (secondary N) is 2. The molecule has 2 aromatic rings. The molecule has 0 saturated carbocycles. The van der Waals surface area contributed by atoms with Gasteiger partial charge in [-0.2, -0.15) is 0 Å². The fraction of sp³-hybridized carbons (Fsp3) is 0.190. The Balaban J connectivity index is 1.80. The van der Waals surface area contributed by atoms with Crippen molar-refractivity contribution in [2.75, 3.05) is 25.6 Å². The minimum absolute atomic E-state index is 0.148. The second kappa shape index (κ2) is 11.6. The van der Waals surface area contributed by atoms with E-state index in [1.165, 1.54) is 13.2 Å². The van der Waals surface area contributed by atoms with E-state index in [0.717, 1.165) is 4.47 Å². The van der Waals surface area contributed by atoms with Gasteiger partial charge in [-0.15, -0.1) is 0 Å². The Labute approximate surface area is 182 Å². The fourth-order valence-electron chi connectivity index (χ4n) is 2.34. The third-order valence-corrected chi connectivity index (χ3v) is 4.29. The summed E-state index contributed by atoms with van der Waals surface area (Å²) in [6, 6.07) is 12.2. The molecule has 0 aliphatic carbocycles. The van der Waals surface area contributed by atoms with Crippen LogP contribution >= 0.6 is 15.9 Å². The number of benzene rings is 2. The van der Waals surface area contributed by atoms with Gasteiger partial charge in [0.25, 0.3) is 5.91 Å². The minimum atomic E-state index is -0.594. The third kappa shape index (κ3) is 7.96. The van der Waals surface area contributed by atoms with Crippen molar-refractivity contribution in [3.05, 3.63) is 58.6 Å². The van der Waals surface area contributed by atoms with Gasteiger partial charge < -0.3 is 25.8 Å². The summed E-state index contributed by atoms with van der Waals surface area (Å²) in [4.78, 5) is 34.7. The van der Waals surface area contributed by atoms with Crippen LogP contribution in [0.4, 0.5) is 5.69 Å². The van der Waals surface area contributed by atoms with Gasteiger partial charge in [-0.25, -0.2) is 0 Å². The average Bonchev–Trinajstić information content (AvgIpc) is 2.72. The van der Waals surface area contributed by atoms with Crippen molar-refractivity contribution in [2.24, 2.45) is 5.73 Å². The minimum Gasteiger partial charge on any atom is -0.493 e. The molecule has 8 nitrogen and oxygen atoms in total. The van der Waals surface area contributed by atoms with Crippen LogP contribution in [-0.2, 0) is 14.4 Å². The van der Waals surface area contributed by atoms with E-state index in [4.69, 9.17) is 15.2 Å². The topological polar surface area (TPSA) is 120 Å². The van der Waals surface area contributed by atoms with Gasteiger partial charge in [-0.3, -0.25) is 14.4 Å². The molecule has 0 fully saturated rings. The highest BCUT2D eigenvalue weighted by molar-refractivity contribution is 9.10. The number of anilines is 1. The first-order valence-electron chi connectivity index (χ1n) is 8.98. The number of carbonyl (C=O) groups excluding carboxylic acids is 3. The molecule has 3 amide bonds. The number of hydrogen-bond acceptors (Lipinski definition) is 5. The fourth-order valence-corrected chi connectivity index (χ4v) is 2.61. The van der Waals surface area contributed by atoms with Crippen LogP contribution in [0.1, 0.15) is 12.0 Å². The van der Waals surface area contributed by atoms with Crippen molar-refractivity contribution in [1.29, 1.82) is 0 Å². The Kier molecular flexibility index (Phi) is 8.89. The van der Waals surface area contributed by atoms with Crippen molar-refractivity contribution in [3.8, 4) is 11.5 Å². The molecular formula is C21H22BrN3O5. The lowest BCUT2D eigenvalue weighted by Crippen LogP contribution is -2.26. The summed E-state index contributed by atoms with van der Waals surface area (Å²) in [5.74, 6) is -0.348. The average molecular weight is 476 g/mol. The molecule has 0 aromatic heterocycles. The zero-order chi connectivity index (χ0) is 21.9. The molecule has 158 valence electrons. The summed E-state index contributed by atoms with van der Waals surface area (Å²) >= 11 is 3.33. The summed E-state index contributed by atoms with van der Waals surface area (Å²) in [6.45, 7) is -0.0574. The van der Waals surface area contributed by atoms with Crippen LogP contribution in [0.15, 0.2) is 53.0 Å². The van der Waals surface area contributed by atoms with Crippen molar-refractivity contribution < 1.29 is 23.9 Å². The van der Waals surface area contributed by atoms with Gasteiger partial charge in [0.1, 0.15) is 0 Å². The van der Waals surface area contributed by atoms with Gasteiger partial charge in [0.2, 0.25) is 11.8 Å². The molecule has 0 spiro atoms. The van der Waals surface area contributed by atoms with E-state index in [1.54, 1.807) is 36.4 Å². The predicted molar refractivity (Wildman–Crippen MR) is 117 cm³/mol. The maximum Gasteiger partial charge on any atom is 0.255 e. The zero-order valence-corrected chi connectivity index (χ0v) is 17.9. The molecule has 0 heterocycles. The second-order valence-electron chi connectivity index (χ2n) is 6.09. The highest BCUT2D eigenvalue weighted by Crippen LogP contribution is 2.28. The summed E-state index contributed by atoms with van der Waals surface area (Å²) in [5.41, 5.74) is 6.44. The highest BCUT2D eigenvalue weighted by atomic mass is 79.9. The summed E-state index contributed by atoms with van der Waals surface area (Å²) in [7, 11) is 1.46. The van der Waals surface area contributed by atoms with Crippen LogP contribution in [0.2, 0.25) is 0 Å². The van der Waals surface area contributed by atoms with Crippen molar-refractivity contribution in [2.45, 2.75) is 6.42 Å². The molecule has 0 aliphatic heterocycles. The standard InChI is InChI=1S/C21H22BrN3O5/c1-29-18-12-14(2-8-17(18)30-13-19(23)26)3-9-20(27)24-11-10-21(28)25-16-6-4-15(22)5-7-16/h2-9,12H,10-11,13H2,1H3,(H2,23,26)(H,24,27)(H,25,28). The number of ether oxygens (including phenoxy) is 2. The van der Waals surface area contributed by atoms with Gasteiger partial charge in [0.05, 0.1) is 7.11 Å². The molecule has 2 aromatic carbocycles. The first-order valence-corrected chi connectivity index (χ1v) is 9.77. The molecular weight excluding hydrogens is 454 g/mol. The molecule has 0 unspecified atom stereocenters. The number of amides is 3. The maximum atomic E-state index is 12.0. The number of halogens is 1. The van der Waals surface area contributed by atoms with Crippen molar-refractivity contribution in [1.82, 2.24) is 5.32 Å². The summed E-state index contributed by atoms with van der Waals surface area (Å²) in [5, 5.41) is 5.40. The number of rotatable bonds is 10. The van der Waals surface area contributed by atoms with Gasteiger partial charge in [0.15, 0.2) is 18.1 Å². The van der Waals surface area contributed by atoms with Gasteiger partial charge in [-0.05, 0) is 48.0 Å². The first-order chi connectivity index (χ1) is 14.4. The second-order valence-corrected chi connectivity index (χ2v) is 7.01. The molecule has 30 heavy (non-hydrogen) atoms. The maximum absolute atomic E-state index is 12.0. The zero-order valence-electron chi connectivity index (χ0n) is 16.3. The number of nitrogens with two attached hydrogens (primary N) is 1. The smallest absolute Gasteiger partial charge is 0.255 e. The monoisotopic (exact) mass is 475 g/mol. The van der Waals surface area contributed by atoms with Crippen LogP contribution < -0.4 is 25.8 Å². The Morgan fingerprint density at radius 2 is 1.83 bits per heavy atom. The van der Waals surface area contributed by atoms with E-state index < -0.39 is 5.91 Å². The molecule has 0 atom stereocenters. The van der Waals surface area contributed by atoms with Crippen molar-refractivity contribution >= 4 is 45.4 Å². The Morgan fingerprint density at radius 3 is 2.50 bits per heavy atom.